The molecular formula is C45H56N8O7. The van der Waals surface area contributed by atoms with Gasteiger partial charge in [-0.2, -0.15) is 0 Å². The van der Waals surface area contributed by atoms with E-state index in [-0.39, 0.29) is 35.9 Å². The molecule has 3 aliphatic rings. The number of nitrogens with one attached hydrogen (secondary N) is 4. The summed E-state index contributed by atoms with van der Waals surface area (Å²) in [5, 5.41) is 19.2. The van der Waals surface area contributed by atoms with Crippen LogP contribution in [0.4, 0.5) is 9.59 Å². The lowest BCUT2D eigenvalue weighted by atomic mass is 9.92. The highest BCUT2D eigenvalue weighted by Gasteiger charge is 2.42. The first-order chi connectivity index (χ1) is 28.8. The number of aliphatic hydroxyl groups excluding tert-OH is 1. The molecule has 3 aromatic carbocycles. The fourth-order valence-corrected chi connectivity index (χ4v) is 9.39. The zero-order valence-corrected chi connectivity index (χ0v) is 35.5. The molecule has 2 saturated heterocycles. The van der Waals surface area contributed by atoms with Crippen LogP contribution in [-0.4, -0.2) is 98.1 Å². The summed E-state index contributed by atoms with van der Waals surface area (Å²) in [6.07, 6.45) is 2.07. The van der Waals surface area contributed by atoms with Gasteiger partial charge in [0, 0.05) is 23.5 Å². The highest BCUT2D eigenvalue weighted by Crippen LogP contribution is 2.44. The van der Waals surface area contributed by atoms with Crippen molar-refractivity contribution in [3.05, 3.63) is 65.9 Å². The normalized spacial score (nSPS) is 21.8. The minimum absolute atomic E-state index is 0.0127. The molecule has 60 heavy (non-hydrogen) atoms. The largest absolute Gasteiger partial charge is 0.488 e. The van der Waals surface area contributed by atoms with Crippen LogP contribution in [-0.2, 0) is 20.9 Å². The van der Waals surface area contributed by atoms with Gasteiger partial charge in [-0.3, -0.25) is 9.69 Å². The number of hydrogen-bond acceptors (Lipinski definition) is 10. The quantitative estimate of drug-likeness (QED) is 0.0966. The first-order valence-corrected chi connectivity index (χ1v) is 21.0. The number of methoxy groups -OCH3 is 2. The number of aromatic nitrogens is 4. The number of nitrogens with zero attached hydrogens (tertiary/aromatic N) is 4. The van der Waals surface area contributed by atoms with Crippen molar-refractivity contribution in [2.45, 2.75) is 104 Å². The number of imidazole rings is 2. The summed E-state index contributed by atoms with van der Waals surface area (Å²) in [6, 6.07) is 13.1. The molecule has 8 rings (SSSR count). The van der Waals surface area contributed by atoms with Crippen molar-refractivity contribution in [1.29, 1.82) is 0 Å². The van der Waals surface area contributed by atoms with Crippen molar-refractivity contribution in [1.82, 2.24) is 40.4 Å². The van der Waals surface area contributed by atoms with Crippen LogP contribution in [0.5, 0.6) is 5.75 Å². The van der Waals surface area contributed by atoms with Crippen molar-refractivity contribution < 1.29 is 33.7 Å². The Kier molecular flexibility index (Phi) is 11.2. The van der Waals surface area contributed by atoms with E-state index in [1.165, 1.54) is 14.2 Å². The molecule has 3 amide bonds. The lowest BCUT2D eigenvalue weighted by Gasteiger charge is -2.35. The average Bonchev–Trinajstić information content (AvgIpc) is 4.05. The van der Waals surface area contributed by atoms with Gasteiger partial charge in [0.25, 0.3) is 0 Å². The number of carbonyl (C=O) groups is 3. The highest BCUT2D eigenvalue weighted by molar-refractivity contribution is 6.07. The maximum absolute atomic E-state index is 13.9. The fourth-order valence-electron chi connectivity index (χ4n) is 9.39. The van der Waals surface area contributed by atoms with Gasteiger partial charge < -0.3 is 44.8 Å². The third-order valence-electron chi connectivity index (χ3n) is 12.6. The molecule has 0 spiro atoms. The van der Waals surface area contributed by atoms with Gasteiger partial charge in [0.15, 0.2) is 0 Å². The third kappa shape index (κ3) is 7.53. The van der Waals surface area contributed by atoms with E-state index in [0.717, 1.165) is 80.6 Å². The van der Waals surface area contributed by atoms with Gasteiger partial charge in [0.1, 0.15) is 36.3 Å². The van der Waals surface area contributed by atoms with Gasteiger partial charge in [-0.25, -0.2) is 19.6 Å². The molecule has 2 fully saturated rings. The van der Waals surface area contributed by atoms with E-state index >= 15 is 0 Å². The average molecular weight is 821 g/mol. The zero-order chi connectivity index (χ0) is 42.6. The summed E-state index contributed by atoms with van der Waals surface area (Å²) in [5.74, 6) is 2.28. The van der Waals surface area contributed by atoms with Crippen molar-refractivity contribution in [2.24, 2.45) is 17.8 Å². The molecule has 15 heteroatoms. The van der Waals surface area contributed by atoms with E-state index in [2.05, 4.69) is 70.0 Å². The number of amides is 3. The van der Waals surface area contributed by atoms with Crippen molar-refractivity contribution in [3.8, 4) is 28.1 Å². The highest BCUT2D eigenvalue weighted by atomic mass is 16.5. The minimum atomic E-state index is -0.932. The van der Waals surface area contributed by atoms with E-state index in [9.17, 15) is 19.5 Å². The van der Waals surface area contributed by atoms with E-state index in [1.807, 2.05) is 50.6 Å². The molecule has 2 aromatic heterocycles. The molecule has 318 valence electrons. The van der Waals surface area contributed by atoms with Gasteiger partial charge in [0.05, 0.1) is 55.3 Å². The molecule has 5 aromatic rings. The van der Waals surface area contributed by atoms with Crippen LogP contribution in [0.25, 0.3) is 44.2 Å². The van der Waals surface area contributed by atoms with Crippen LogP contribution in [0.1, 0.15) is 90.1 Å². The Hall–Kier alpha value is -5.67. The Labute approximate surface area is 349 Å². The predicted molar refractivity (Wildman–Crippen MR) is 227 cm³/mol. The van der Waals surface area contributed by atoms with E-state index < -0.39 is 30.5 Å². The first-order valence-electron chi connectivity index (χ1n) is 21.0. The molecule has 0 radical (unpaired) electrons. The van der Waals surface area contributed by atoms with Crippen LogP contribution in [0.15, 0.2) is 48.7 Å². The maximum atomic E-state index is 13.9. The van der Waals surface area contributed by atoms with Crippen LogP contribution in [0, 0.1) is 17.8 Å². The topological polar surface area (TPSA) is 187 Å². The number of rotatable bonds is 10. The van der Waals surface area contributed by atoms with Crippen molar-refractivity contribution in [2.75, 3.05) is 20.8 Å². The van der Waals surface area contributed by atoms with E-state index in [0.29, 0.717) is 24.9 Å². The Balaban J connectivity index is 1.04. The lowest BCUT2D eigenvalue weighted by molar-refractivity contribution is -0.137. The summed E-state index contributed by atoms with van der Waals surface area (Å²) in [7, 11) is 2.62. The first kappa shape index (κ1) is 41.1. The van der Waals surface area contributed by atoms with Crippen LogP contribution < -0.4 is 15.4 Å². The molecule has 0 saturated carbocycles. The molecule has 5 N–H and O–H groups in total. The Morgan fingerprint density at radius 3 is 2.40 bits per heavy atom. The fraction of sp³-hybridized carbons (Fsp3) is 0.489. The second kappa shape index (κ2) is 16.4. The van der Waals surface area contributed by atoms with Crippen molar-refractivity contribution in [3.63, 3.8) is 0 Å². The number of aliphatic hydroxyl groups is 1. The molecule has 0 aliphatic carbocycles. The molecule has 7 atom stereocenters. The van der Waals surface area contributed by atoms with E-state index in [4.69, 9.17) is 24.2 Å². The van der Waals surface area contributed by atoms with E-state index in [1.54, 1.807) is 0 Å². The van der Waals surface area contributed by atoms with Gasteiger partial charge in [-0.15, -0.1) is 0 Å². The smallest absolute Gasteiger partial charge is 0.407 e. The predicted octanol–water partition coefficient (Wildman–Crippen LogP) is 7.18. The van der Waals surface area contributed by atoms with Crippen LogP contribution in [0.2, 0.25) is 0 Å². The lowest BCUT2D eigenvalue weighted by Crippen LogP contribution is -2.54. The zero-order valence-electron chi connectivity index (χ0n) is 35.5. The monoisotopic (exact) mass is 820 g/mol. The Bertz CT molecular complexity index is 2420. The van der Waals surface area contributed by atoms with Crippen LogP contribution in [0.3, 0.4) is 0 Å². The SMILES string of the molecule is COC(=O)NC(C(=O)N1C(C)CCC1c1ncc(-c2ccc3c(c2)COc2cc4c(ccc5[nH]c(C6CC(C)CN6C(O)C(NC(=O)OC)C(C)C)nc54)cc2-3)[nH]1)C(C)C. The molecule has 0 bridgehead atoms. The number of likely N-dealkylation sites (tertiary alicyclic amines) is 2. The number of ether oxygens (including phenoxy) is 3. The number of hydrogen-bond donors (Lipinski definition) is 5. The second-order valence-corrected chi connectivity index (χ2v) is 17.4. The number of H-pyrrole nitrogens is 2. The molecular weight excluding hydrogens is 765 g/mol. The summed E-state index contributed by atoms with van der Waals surface area (Å²) in [5.41, 5.74) is 6.68. The van der Waals surface area contributed by atoms with Crippen LogP contribution >= 0.6 is 0 Å². The summed E-state index contributed by atoms with van der Waals surface area (Å²) in [4.78, 5) is 59.0. The molecule has 3 aliphatic heterocycles. The molecule has 15 nitrogen and oxygen atoms in total. The molecule has 5 heterocycles. The van der Waals surface area contributed by atoms with Gasteiger partial charge in [-0.1, -0.05) is 52.8 Å². The number of fused-ring (bicyclic) bond motifs is 6. The number of carbonyl (C=O) groups excluding carboxylic acids is 3. The summed E-state index contributed by atoms with van der Waals surface area (Å²) in [6.45, 7) is 13.0. The van der Waals surface area contributed by atoms with Gasteiger partial charge in [0.2, 0.25) is 5.91 Å². The third-order valence-corrected chi connectivity index (χ3v) is 12.6. The molecule has 7 unspecified atom stereocenters. The maximum Gasteiger partial charge on any atom is 0.407 e. The minimum Gasteiger partial charge on any atom is -0.488 e. The Morgan fingerprint density at radius 1 is 0.900 bits per heavy atom. The summed E-state index contributed by atoms with van der Waals surface area (Å²) >= 11 is 0. The number of alkyl carbamates (subject to hydrolysis) is 2. The van der Waals surface area contributed by atoms with Gasteiger partial charge in [-0.05, 0) is 90.3 Å². The van der Waals surface area contributed by atoms with Gasteiger partial charge >= 0.3 is 12.2 Å². The number of benzene rings is 3. The van der Waals surface area contributed by atoms with Crippen molar-refractivity contribution >= 4 is 39.9 Å². The number of aromatic amines is 2. The second-order valence-electron chi connectivity index (χ2n) is 17.4. The Morgan fingerprint density at radius 2 is 1.67 bits per heavy atom. The summed E-state index contributed by atoms with van der Waals surface area (Å²) < 4.78 is 16.1. The standard InChI is InChI=1S/C45H56N8O7/c1-22(2)37(50-44(56)58-7)42(54)52-20-24(5)15-35(52)41-47-32-13-11-26-17-31-29-12-10-27(16-28(29)21-60-36(31)18-30(26)39(32)49-41)33-19-46-40(48-33)34-14-9-25(6)53(34)43(55)38(23(3)4)51-45(57)59-8/h10-13,16-19,22-25,34-35,37-38,42,54H,9,14-15,20-21H2,1-8H3,(H,46,48)(H,47,49)(H,50,56)(H,51,57).